The van der Waals surface area contributed by atoms with Crippen molar-refractivity contribution < 1.29 is 78.5 Å². The van der Waals surface area contributed by atoms with Crippen LogP contribution in [0.1, 0.15) is 2.85 Å². The minimum atomic E-state index is 0. The van der Waals surface area contributed by atoms with Gasteiger partial charge >= 0.3 is 54.8 Å². The first kappa shape index (κ1) is 75.9. The Morgan fingerprint density at radius 2 is 1.12 bits per heavy atom. The fraction of sp³-hybridized carbons (Fsp3) is 0. The molecule has 0 amide bonds. The van der Waals surface area contributed by atoms with E-state index in [-0.39, 0.29) is 162 Å². The molecule has 0 spiro atoms. The maximum atomic E-state index is 0. The van der Waals surface area contributed by atoms with Crippen molar-refractivity contribution in [3.8, 4) is 0 Å². The van der Waals surface area contributed by atoms with Crippen LogP contribution in [0.15, 0.2) is 0 Å². The van der Waals surface area contributed by atoms with E-state index in [9.17, 15) is 0 Å². The molecule has 0 aliphatic rings. The first-order valence-electron chi connectivity index (χ1n) is 0. The van der Waals surface area contributed by atoms with E-state index in [1.54, 1.807) is 0 Å². The van der Waals surface area contributed by atoms with Crippen molar-refractivity contribution in [3.05, 3.63) is 0 Å². The van der Waals surface area contributed by atoms with Crippen LogP contribution in [0.4, 0.5) is 0 Å². The zero-order valence-electron chi connectivity index (χ0n) is 5.20. The van der Waals surface area contributed by atoms with Crippen molar-refractivity contribution in [1.29, 1.82) is 0 Å². The van der Waals surface area contributed by atoms with Gasteiger partial charge in [-0.1, -0.05) is 0 Å². The standard InChI is InChI=1S/Al.Ca.Cr.Mn.H2Se.H4Si.Ti.Zn.5H/h;;;;1H2;1H4;;;;;;;/q;+2;;;;;;;;;;2*-1. The Balaban J connectivity index is 0. The molecule has 8 heteroatoms. The monoisotopic (exact) mass is 405 g/mol. The van der Waals surface area contributed by atoms with Gasteiger partial charge in [-0.3, -0.25) is 0 Å². The van der Waals surface area contributed by atoms with E-state index in [4.69, 9.17) is 0 Å². The first-order chi connectivity index (χ1) is 0. The molecule has 8 heavy (non-hydrogen) atoms. The normalized spacial score (nSPS) is 0. The summed E-state index contributed by atoms with van der Waals surface area (Å²) in [6.07, 6.45) is 0. The minimum absolute atomic E-state index is 0. The molecule has 1 radical (unpaired) electrons. The molecule has 0 bridgehead atoms. The second kappa shape index (κ2) is 58.7. The van der Waals surface area contributed by atoms with Crippen LogP contribution in [0.3, 0.4) is 0 Å². The largest absolute Gasteiger partial charge is 0.0149 e. The Hall–Kier alpha value is 4.92. The fourth-order valence-electron chi connectivity index (χ4n) is 0. The molecule has 0 aromatic carbocycles. The van der Waals surface area contributed by atoms with Crippen molar-refractivity contribution in [1.82, 2.24) is 0 Å². The van der Waals surface area contributed by atoms with Crippen molar-refractivity contribution >= 4 is 83.1 Å². The van der Waals surface area contributed by atoms with Gasteiger partial charge in [0.1, 0.15) is 0 Å². The summed E-state index contributed by atoms with van der Waals surface area (Å²) in [6.45, 7) is 0. The summed E-state index contributed by atoms with van der Waals surface area (Å²) < 4.78 is 0. The van der Waals surface area contributed by atoms with Crippen LogP contribution in [0.25, 0.3) is 0 Å². The van der Waals surface area contributed by atoms with Gasteiger partial charge in [-0.05, 0) is 11.0 Å². The Morgan fingerprint density at radius 3 is 1.12 bits per heavy atom. The van der Waals surface area contributed by atoms with Gasteiger partial charge in [-0.2, -0.15) is 0 Å². The van der Waals surface area contributed by atoms with Crippen LogP contribution < -0.4 is 0 Å². The molecule has 0 N–H and O–H groups in total. The third kappa shape index (κ3) is 44.4. The predicted molar refractivity (Wildman–Crippen MR) is 37.8 cm³/mol. The molecule has 45 valence electrons. The molecular formula is H11AlCaCrMnSeSiTiZn. The van der Waals surface area contributed by atoms with Gasteiger partial charge in [0, 0.05) is 75.6 Å². The van der Waals surface area contributed by atoms with E-state index in [1.807, 2.05) is 0 Å². The predicted octanol–water partition coefficient (Wildman–Crippen LogP) is -3.72. The molecule has 0 atom stereocenters. The second-order valence-electron chi connectivity index (χ2n) is 0. The van der Waals surface area contributed by atoms with Gasteiger partial charge in [-0.15, -0.1) is 0 Å². The SMILES string of the molecule is [AlH3].[Ca+2].[Cr].[H-].[H-].[Mn].[SeH2].[SiH4].[Ti].[Zn]. The number of hydrogen-bond acceptors (Lipinski definition) is 0. The summed E-state index contributed by atoms with van der Waals surface area (Å²) in [4.78, 5) is 0. The fourth-order valence-corrected chi connectivity index (χ4v) is 0. The zero-order chi connectivity index (χ0) is 0. The smallest absolute Gasteiger partial charge is 0 e. The molecule has 0 aromatic heterocycles. The van der Waals surface area contributed by atoms with Gasteiger partial charge in [0.2, 0.25) is 0 Å². The maximum absolute atomic E-state index is 0. The maximum Gasteiger partial charge on any atom is 0 e. The molecule has 0 rings (SSSR count). The molecular weight excluding hydrogens is 394 g/mol. The molecule has 0 aromatic rings. The summed E-state index contributed by atoms with van der Waals surface area (Å²) >= 11 is 0. The van der Waals surface area contributed by atoms with E-state index in [0.717, 1.165) is 0 Å². The summed E-state index contributed by atoms with van der Waals surface area (Å²) in [6, 6.07) is 0. The van der Waals surface area contributed by atoms with Crippen molar-refractivity contribution in [2.75, 3.05) is 0 Å². The summed E-state index contributed by atoms with van der Waals surface area (Å²) in [5.41, 5.74) is 0. The zero-order valence-corrected chi connectivity index (χ0v) is 14.5. The van der Waals surface area contributed by atoms with Crippen LogP contribution >= 0.6 is 0 Å². The van der Waals surface area contributed by atoms with Crippen LogP contribution in [0.5, 0.6) is 0 Å². The third-order valence-electron chi connectivity index (χ3n) is 0. The molecule has 0 saturated carbocycles. The van der Waals surface area contributed by atoms with E-state index in [2.05, 4.69) is 0 Å². The van der Waals surface area contributed by atoms with Gasteiger partial charge < -0.3 is 2.85 Å². The molecule has 0 heterocycles. The van der Waals surface area contributed by atoms with Crippen LogP contribution in [-0.4, -0.2) is 83.1 Å². The van der Waals surface area contributed by atoms with Gasteiger partial charge in [0.15, 0.2) is 17.4 Å². The Bertz CT molecular complexity index is 31.2. The van der Waals surface area contributed by atoms with Crippen molar-refractivity contribution in [3.63, 3.8) is 0 Å². The number of hydrogen-bond donors (Lipinski definition) is 0. The van der Waals surface area contributed by atoms with Gasteiger partial charge in [0.25, 0.3) is 0 Å². The molecule has 0 saturated heterocycles. The van der Waals surface area contributed by atoms with Gasteiger partial charge in [-0.25, -0.2) is 0 Å². The molecule has 0 nitrogen and oxygen atoms in total. The Kier molecular flexibility index (Phi) is 557. The van der Waals surface area contributed by atoms with E-state index >= 15 is 0 Å². The number of rotatable bonds is 0. The molecule has 0 aliphatic carbocycles. The minimum Gasteiger partial charge on any atom is -0.0149 e. The molecule has 0 unspecified atom stereocenters. The molecule has 0 aliphatic heterocycles. The summed E-state index contributed by atoms with van der Waals surface area (Å²) in [5.74, 6) is 0. The van der Waals surface area contributed by atoms with Gasteiger partial charge in [0.05, 0.1) is 0 Å². The average Bonchev–Trinajstić information content (AvgIpc) is 0. The van der Waals surface area contributed by atoms with Crippen LogP contribution in [0.2, 0.25) is 0 Å². The quantitative estimate of drug-likeness (QED) is 0.364. The van der Waals surface area contributed by atoms with E-state index in [1.165, 1.54) is 0 Å². The Morgan fingerprint density at radius 1 is 1.12 bits per heavy atom. The van der Waals surface area contributed by atoms with E-state index in [0.29, 0.717) is 0 Å². The van der Waals surface area contributed by atoms with Crippen LogP contribution in [0, 0.1) is 0 Å². The average molecular weight is 405 g/mol. The first-order valence-corrected chi connectivity index (χ1v) is 0. The summed E-state index contributed by atoms with van der Waals surface area (Å²) in [5, 5.41) is 0. The topological polar surface area (TPSA) is 0 Å². The second-order valence-corrected chi connectivity index (χ2v) is 0. The van der Waals surface area contributed by atoms with Crippen molar-refractivity contribution in [2.45, 2.75) is 0 Å². The molecule has 0 fully saturated rings. The third-order valence-corrected chi connectivity index (χ3v) is 0. The van der Waals surface area contributed by atoms with E-state index < -0.39 is 0 Å². The summed E-state index contributed by atoms with van der Waals surface area (Å²) in [7, 11) is 0. The Labute approximate surface area is 158 Å². The van der Waals surface area contributed by atoms with Crippen molar-refractivity contribution in [2.24, 2.45) is 0 Å². The van der Waals surface area contributed by atoms with Crippen LogP contribution in [-0.2, 0) is 75.6 Å².